The van der Waals surface area contributed by atoms with Crippen molar-refractivity contribution in [3.8, 4) is 6.07 Å². The standard InChI is InChI=1S/C14H18N4/c15-9-12-3-4-14(16-10-12)18-8-5-13(11-18)17-6-1-2-7-17/h3-4,10,13H,1-2,5-8,11H2. The molecule has 1 aromatic rings. The van der Waals surface area contributed by atoms with Crippen LogP contribution in [-0.4, -0.2) is 42.1 Å². The van der Waals surface area contributed by atoms with Crippen molar-refractivity contribution in [1.29, 1.82) is 5.26 Å². The molecular weight excluding hydrogens is 224 g/mol. The number of hydrogen-bond donors (Lipinski definition) is 0. The lowest BCUT2D eigenvalue weighted by atomic mass is 10.2. The first-order valence-corrected chi connectivity index (χ1v) is 6.72. The molecule has 0 aliphatic carbocycles. The van der Waals surface area contributed by atoms with Crippen LogP contribution in [0.2, 0.25) is 0 Å². The third kappa shape index (κ3) is 2.19. The second-order valence-electron chi connectivity index (χ2n) is 5.15. The fourth-order valence-electron chi connectivity index (χ4n) is 2.99. The topological polar surface area (TPSA) is 43.2 Å². The molecule has 0 spiro atoms. The molecule has 1 atom stereocenters. The molecule has 1 aromatic heterocycles. The van der Waals surface area contributed by atoms with Gasteiger partial charge in [0.05, 0.1) is 5.56 Å². The molecule has 0 saturated carbocycles. The molecule has 3 heterocycles. The first kappa shape index (κ1) is 11.5. The molecule has 0 N–H and O–H groups in total. The van der Waals surface area contributed by atoms with Gasteiger partial charge in [-0.15, -0.1) is 0 Å². The van der Waals surface area contributed by atoms with E-state index in [4.69, 9.17) is 5.26 Å². The average molecular weight is 242 g/mol. The largest absolute Gasteiger partial charge is 0.355 e. The van der Waals surface area contributed by atoms with E-state index in [2.05, 4.69) is 20.9 Å². The molecule has 0 amide bonds. The highest BCUT2D eigenvalue weighted by molar-refractivity contribution is 5.43. The summed E-state index contributed by atoms with van der Waals surface area (Å²) in [4.78, 5) is 9.33. The fraction of sp³-hybridized carbons (Fsp3) is 0.571. The molecular formula is C14H18N4. The highest BCUT2D eigenvalue weighted by Crippen LogP contribution is 2.23. The number of anilines is 1. The van der Waals surface area contributed by atoms with Gasteiger partial charge in [0.2, 0.25) is 0 Å². The van der Waals surface area contributed by atoms with Gasteiger partial charge in [-0.05, 0) is 44.5 Å². The summed E-state index contributed by atoms with van der Waals surface area (Å²) < 4.78 is 0. The second-order valence-corrected chi connectivity index (χ2v) is 5.15. The van der Waals surface area contributed by atoms with E-state index in [1.54, 1.807) is 6.20 Å². The molecule has 4 heteroatoms. The Hall–Kier alpha value is -1.60. The van der Waals surface area contributed by atoms with Gasteiger partial charge >= 0.3 is 0 Å². The Morgan fingerprint density at radius 1 is 1.22 bits per heavy atom. The Kier molecular flexibility index (Phi) is 3.16. The maximum absolute atomic E-state index is 8.77. The van der Waals surface area contributed by atoms with Gasteiger partial charge in [0.15, 0.2) is 0 Å². The highest BCUT2D eigenvalue weighted by atomic mass is 15.3. The number of pyridine rings is 1. The molecule has 18 heavy (non-hydrogen) atoms. The zero-order chi connectivity index (χ0) is 12.4. The summed E-state index contributed by atoms with van der Waals surface area (Å²) in [7, 11) is 0. The smallest absolute Gasteiger partial charge is 0.128 e. The van der Waals surface area contributed by atoms with Gasteiger partial charge in [0, 0.05) is 25.3 Å². The monoisotopic (exact) mass is 242 g/mol. The molecule has 2 saturated heterocycles. The zero-order valence-corrected chi connectivity index (χ0v) is 10.5. The van der Waals surface area contributed by atoms with E-state index >= 15 is 0 Å². The molecule has 0 aromatic carbocycles. The van der Waals surface area contributed by atoms with E-state index in [1.165, 1.54) is 32.4 Å². The van der Waals surface area contributed by atoms with Crippen molar-refractivity contribution >= 4 is 5.82 Å². The molecule has 4 nitrogen and oxygen atoms in total. The summed E-state index contributed by atoms with van der Waals surface area (Å²) in [6.45, 7) is 4.69. The number of nitriles is 1. The van der Waals surface area contributed by atoms with Crippen molar-refractivity contribution in [2.24, 2.45) is 0 Å². The lowest BCUT2D eigenvalue weighted by molar-refractivity contribution is 0.260. The molecule has 2 fully saturated rings. The first-order valence-electron chi connectivity index (χ1n) is 6.72. The van der Waals surface area contributed by atoms with Crippen LogP contribution in [0, 0.1) is 11.3 Å². The van der Waals surface area contributed by atoms with E-state index in [-0.39, 0.29) is 0 Å². The first-order chi connectivity index (χ1) is 8.86. The predicted octanol–water partition coefficient (Wildman–Crippen LogP) is 1.63. The Morgan fingerprint density at radius 3 is 2.72 bits per heavy atom. The van der Waals surface area contributed by atoms with Gasteiger partial charge in [-0.2, -0.15) is 5.26 Å². The highest BCUT2D eigenvalue weighted by Gasteiger charge is 2.29. The Bertz CT molecular complexity index is 442. The minimum absolute atomic E-state index is 0.633. The maximum Gasteiger partial charge on any atom is 0.128 e. The molecule has 0 radical (unpaired) electrons. The summed E-state index contributed by atoms with van der Waals surface area (Å²) in [6.07, 6.45) is 5.61. The van der Waals surface area contributed by atoms with Crippen LogP contribution >= 0.6 is 0 Å². The Labute approximate surface area is 108 Å². The second kappa shape index (κ2) is 4.95. The van der Waals surface area contributed by atoms with Crippen LogP contribution in [0.4, 0.5) is 5.82 Å². The fourth-order valence-corrected chi connectivity index (χ4v) is 2.99. The minimum atomic E-state index is 0.633. The van der Waals surface area contributed by atoms with Crippen LogP contribution in [0.15, 0.2) is 18.3 Å². The quantitative estimate of drug-likeness (QED) is 0.790. The summed E-state index contributed by atoms with van der Waals surface area (Å²) in [5.41, 5.74) is 0.633. The summed E-state index contributed by atoms with van der Waals surface area (Å²) in [6, 6.07) is 6.62. The van der Waals surface area contributed by atoms with E-state index in [0.29, 0.717) is 11.6 Å². The average Bonchev–Trinajstić information content (AvgIpc) is 3.09. The van der Waals surface area contributed by atoms with E-state index in [9.17, 15) is 0 Å². The van der Waals surface area contributed by atoms with Gasteiger partial charge in [0.25, 0.3) is 0 Å². The Balaban J connectivity index is 1.65. The van der Waals surface area contributed by atoms with Gasteiger partial charge in [-0.25, -0.2) is 4.98 Å². The van der Waals surface area contributed by atoms with Gasteiger partial charge in [-0.3, -0.25) is 4.90 Å². The molecule has 2 aliphatic rings. The molecule has 94 valence electrons. The molecule has 0 bridgehead atoms. The zero-order valence-electron chi connectivity index (χ0n) is 10.5. The predicted molar refractivity (Wildman–Crippen MR) is 70.4 cm³/mol. The van der Waals surface area contributed by atoms with Crippen molar-refractivity contribution in [2.45, 2.75) is 25.3 Å². The SMILES string of the molecule is N#Cc1ccc(N2CCC(N3CCCC3)C2)nc1. The van der Waals surface area contributed by atoms with E-state index < -0.39 is 0 Å². The van der Waals surface area contributed by atoms with Crippen LogP contribution in [0.3, 0.4) is 0 Å². The van der Waals surface area contributed by atoms with Crippen molar-refractivity contribution in [1.82, 2.24) is 9.88 Å². The number of likely N-dealkylation sites (tertiary alicyclic amines) is 1. The lowest BCUT2D eigenvalue weighted by Gasteiger charge is -2.24. The molecule has 3 rings (SSSR count). The number of aromatic nitrogens is 1. The lowest BCUT2D eigenvalue weighted by Crippen LogP contribution is -2.35. The normalized spacial score (nSPS) is 24.4. The van der Waals surface area contributed by atoms with Gasteiger partial charge < -0.3 is 4.90 Å². The number of hydrogen-bond acceptors (Lipinski definition) is 4. The van der Waals surface area contributed by atoms with Crippen molar-refractivity contribution in [3.63, 3.8) is 0 Å². The van der Waals surface area contributed by atoms with Crippen LogP contribution in [0.5, 0.6) is 0 Å². The number of rotatable bonds is 2. The molecule has 2 aliphatic heterocycles. The van der Waals surface area contributed by atoms with Gasteiger partial charge in [0.1, 0.15) is 11.9 Å². The summed E-state index contributed by atoms with van der Waals surface area (Å²) in [5.74, 6) is 1.01. The van der Waals surface area contributed by atoms with Crippen molar-refractivity contribution in [2.75, 3.05) is 31.1 Å². The third-order valence-electron chi connectivity index (χ3n) is 4.02. The van der Waals surface area contributed by atoms with Crippen molar-refractivity contribution in [3.05, 3.63) is 23.9 Å². The van der Waals surface area contributed by atoms with E-state index in [1.807, 2.05) is 12.1 Å². The Morgan fingerprint density at radius 2 is 2.06 bits per heavy atom. The summed E-state index contributed by atoms with van der Waals surface area (Å²) in [5, 5.41) is 8.77. The van der Waals surface area contributed by atoms with Crippen LogP contribution < -0.4 is 4.90 Å². The van der Waals surface area contributed by atoms with Gasteiger partial charge in [-0.1, -0.05) is 0 Å². The van der Waals surface area contributed by atoms with Crippen molar-refractivity contribution < 1.29 is 0 Å². The van der Waals surface area contributed by atoms with Crippen LogP contribution in [0.25, 0.3) is 0 Å². The third-order valence-corrected chi connectivity index (χ3v) is 4.02. The maximum atomic E-state index is 8.77. The van der Waals surface area contributed by atoms with Crippen LogP contribution in [-0.2, 0) is 0 Å². The van der Waals surface area contributed by atoms with E-state index in [0.717, 1.165) is 18.9 Å². The summed E-state index contributed by atoms with van der Waals surface area (Å²) >= 11 is 0. The molecule has 1 unspecified atom stereocenters. The van der Waals surface area contributed by atoms with Crippen LogP contribution in [0.1, 0.15) is 24.8 Å². The minimum Gasteiger partial charge on any atom is -0.355 e. The number of nitrogens with zero attached hydrogens (tertiary/aromatic N) is 4.